The molecule has 0 aliphatic heterocycles. The lowest BCUT2D eigenvalue weighted by molar-refractivity contribution is -0.137. The van der Waals surface area contributed by atoms with Crippen LogP contribution >= 0.6 is 0 Å². The molecule has 0 bridgehead atoms. The van der Waals surface area contributed by atoms with Crippen molar-refractivity contribution in [3.8, 4) is 11.1 Å². The number of carbonyl (C=O) groups excluding carboxylic acids is 1. The lowest BCUT2D eigenvalue weighted by Crippen LogP contribution is -2.44. The monoisotopic (exact) mass is 564 g/mol. The molecule has 0 unspecified atom stereocenters. The Labute approximate surface area is 238 Å². The zero-order valence-corrected chi connectivity index (χ0v) is 24.6. The number of nitrogens with one attached hydrogen (secondary N) is 1. The van der Waals surface area contributed by atoms with Gasteiger partial charge in [0, 0.05) is 19.0 Å². The van der Waals surface area contributed by atoms with Gasteiger partial charge in [-0.15, -0.1) is 0 Å². The Morgan fingerprint density at radius 2 is 1.55 bits per heavy atom. The van der Waals surface area contributed by atoms with Crippen LogP contribution in [0.1, 0.15) is 49.8 Å². The van der Waals surface area contributed by atoms with Gasteiger partial charge in [-0.1, -0.05) is 66.2 Å². The number of hydrogen-bond acceptors (Lipinski definition) is 5. The molecule has 0 aromatic heterocycles. The molecule has 3 rings (SSSR count). The van der Waals surface area contributed by atoms with Gasteiger partial charge in [0.2, 0.25) is 10.0 Å². The number of carboxylic acid groups (broad SMARTS) is 1. The molecule has 3 aromatic rings. The van der Waals surface area contributed by atoms with Crippen LogP contribution in [0, 0.1) is 6.92 Å². The summed E-state index contributed by atoms with van der Waals surface area (Å²) in [6, 6.07) is 22.5. The second kappa shape index (κ2) is 13.8. The van der Waals surface area contributed by atoms with Crippen LogP contribution in [0.3, 0.4) is 0 Å². The molecule has 0 aliphatic carbocycles. The highest BCUT2D eigenvalue weighted by atomic mass is 32.2. The number of carbonyl (C=O) groups is 2. The van der Waals surface area contributed by atoms with E-state index in [0.717, 1.165) is 34.7 Å². The molecule has 8 heteroatoms. The van der Waals surface area contributed by atoms with E-state index in [-0.39, 0.29) is 35.7 Å². The Bertz CT molecular complexity index is 1420. The molecule has 0 saturated heterocycles. The molecule has 214 valence electrons. The molecule has 2 N–H and O–H groups in total. The number of sulfonamides is 1. The topological polar surface area (TPSA) is 104 Å². The third kappa shape index (κ3) is 9.40. The van der Waals surface area contributed by atoms with Gasteiger partial charge in [0.05, 0.1) is 18.0 Å². The molecular weight excluding hydrogens is 524 g/mol. The van der Waals surface area contributed by atoms with Crippen LogP contribution < -0.4 is 5.32 Å². The maximum absolute atomic E-state index is 13.3. The molecule has 0 radical (unpaired) electrons. The number of ketones is 1. The van der Waals surface area contributed by atoms with Gasteiger partial charge >= 0.3 is 5.97 Å². The van der Waals surface area contributed by atoms with Gasteiger partial charge < -0.3 is 10.4 Å². The highest BCUT2D eigenvalue weighted by Gasteiger charge is 2.25. The smallest absolute Gasteiger partial charge is 0.303 e. The fraction of sp³-hybridized carbons (Fsp3) is 0.375. The second-order valence-corrected chi connectivity index (χ2v) is 13.0. The van der Waals surface area contributed by atoms with Crippen molar-refractivity contribution in [3.05, 3.63) is 89.5 Å². The van der Waals surface area contributed by atoms with E-state index in [1.165, 1.54) is 24.2 Å². The second-order valence-electron chi connectivity index (χ2n) is 11.0. The average molecular weight is 565 g/mol. The molecule has 0 fully saturated rings. The fourth-order valence-corrected chi connectivity index (χ4v) is 5.68. The number of aliphatic carboxylic acids is 1. The zero-order chi connectivity index (χ0) is 29.3. The SMILES string of the molecule is Cc1ccc(CCCC(C)(C)NCC(=O)CN(C)S(=O)(=O)c2cccc(-c3cccc(CCC(=O)O)c3)c2)cc1. The average Bonchev–Trinajstić information content (AvgIpc) is 2.92. The van der Waals surface area contributed by atoms with Gasteiger partial charge in [-0.05, 0) is 80.8 Å². The predicted octanol–water partition coefficient (Wildman–Crippen LogP) is 5.26. The van der Waals surface area contributed by atoms with Crippen LogP contribution in [0.2, 0.25) is 0 Å². The van der Waals surface area contributed by atoms with Crippen molar-refractivity contribution < 1.29 is 23.1 Å². The Kier molecular flexibility index (Phi) is 10.8. The Hall–Kier alpha value is -3.33. The van der Waals surface area contributed by atoms with Crippen molar-refractivity contribution >= 4 is 21.8 Å². The fourth-order valence-electron chi connectivity index (χ4n) is 4.48. The molecular formula is C32H40N2O5S. The van der Waals surface area contributed by atoms with Crippen LogP contribution in [-0.2, 0) is 32.5 Å². The van der Waals surface area contributed by atoms with Gasteiger partial charge in [0.15, 0.2) is 5.78 Å². The third-order valence-corrected chi connectivity index (χ3v) is 8.78. The first kappa shape index (κ1) is 31.2. The highest BCUT2D eigenvalue weighted by molar-refractivity contribution is 7.89. The van der Waals surface area contributed by atoms with E-state index in [2.05, 4.69) is 50.4 Å². The molecule has 7 nitrogen and oxygen atoms in total. The minimum Gasteiger partial charge on any atom is -0.481 e. The summed E-state index contributed by atoms with van der Waals surface area (Å²) in [5.74, 6) is -1.08. The summed E-state index contributed by atoms with van der Waals surface area (Å²) < 4.78 is 27.7. The van der Waals surface area contributed by atoms with Crippen molar-refractivity contribution in [2.75, 3.05) is 20.1 Å². The quantitative estimate of drug-likeness (QED) is 0.261. The van der Waals surface area contributed by atoms with Gasteiger partial charge in [0.1, 0.15) is 0 Å². The molecule has 0 atom stereocenters. The van der Waals surface area contributed by atoms with E-state index in [1.807, 2.05) is 30.3 Å². The number of aryl methyl sites for hydroxylation is 3. The van der Waals surface area contributed by atoms with Gasteiger partial charge in [-0.3, -0.25) is 9.59 Å². The standard InChI is InChI=1S/C32H40N2O5S/c1-24-13-15-25(16-14-24)9-7-19-32(2,3)33-22-29(35)23-34(4)40(38,39)30-12-6-11-28(21-30)27-10-5-8-26(20-27)17-18-31(36)37/h5-6,8,10-16,20-21,33H,7,9,17-19,22-23H2,1-4H3,(H,36,37). The van der Waals surface area contributed by atoms with E-state index < -0.39 is 16.0 Å². The maximum Gasteiger partial charge on any atom is 0.303 e. The largest absolute Gasteiger partial charge is 0.481 e. The van der Waals surface area contributed by atoms with Crippen molar-refractivity contribution in [1.82, 2.24) is 9.62 Å². The Balaban J connectivity index is 1.56. The molecule has 0 heterocycles. The number of likely N-dealkylation sites (N-methyl/N-ethyl adjacent to an activating group) is 1. The molecule has 0 aliphatic rings. The summed E-state index contributed by atoms with van der Waals surface area (Å²) in [5.41, 5.74) is 4.63. The predicted molar refractivity (Wildman–Crippen MR) is 159 cm³/mol. The van der Waals surface area contributed by atoms with Crippen LogP contribution in [0.5, 0.6) is 0 Å². The lowest BCUT2D eigenvalue weighted by atomic mass is 9.95. The van der Waals surface area contributed by atoms with Crippen molar-refractivity contribution in [2.45, 2.75) is 63.3 Å². The van der Waals surface area contributed by atoms with Crippen molar-refractivity contribution in [3.63, 3.8) is 0 Å². The molecule has 3 aromatic carbocycles. The lowest BCUT2D eigenvalue weighted by Gasteiger charge is -2.26. The van der Waals surface area contributed by atoms with Crippen LogP contribution in [0.15, 0.2) is 77.7 Å². The first-order valence-corrected chi connectivity index (χ1v) is 15.0. The minimum atomic E-state index is -3.89. The number of Topliss-reactive ketones (excluding diaryl/α,β-unsaturated/α-hetero) is 1. The Morgan fingerprint density at radius 3 is 2.23 bits per heavy atom. The number of nitrogens with zero attached hydrogens (tertiary/aromatic N) is 1. The number of hydrogen-bond donors (Lipinski definition) is 2. The first-order chi connectivity index (χ1) is 18.9. The van der Waals surface area contributed by atoms with Crippen LogP contribution in [0.25, 0.3) is 11.1 Å². The number of benzene rings is 3. The normalized spacial score (nSPS) is 12.0. The summed E-state index contributed by atoms with van der Waals surface area (Å²) in [4.78, 5) is 23.7. The zero-order valence-electron chi connectivity index (χ0n) is 23.8. The molecule has 0 spiro atoms. The maximum atomic E-state index is 13.3. The first-order valence-electron chi connectivity index (χ1n) is 13.6. The number of rotatable bonds is 15. The summed E-state index contributed by atoms with van der Waals surface area (Å²) in [6.07, 6.45) is 3.24. The summed E-state index contributed by atoms with van der Waals surface area (Å²) >= 11 is 0. The minimum absolute atomic E-state index is 0.0240. The Morgan fingerprint density at radius 1 is 0.900 bits per heavy atom. The third-order valence-electron chi connectivity index (χ3n) is 6.98. The van der Waals surface area contributed by atoms with E-state index in [4.69, 9.17) is 5.11 Å². The summed E-state index contributed by atoms with van der Waals surface area (Å²) in [7, 11) is -2.48. The molecule has 40 heavy (non-hydrogen) atoms. The number of carboxylic acids is 1. The summed E-state index contributed by atoms with van der Waals surface area (Å²) in [5, 5.41) is 12.3. The van der Waals surface area contributed by atoms with Crippen LogP contribution in [-0.4, -0.2) is 55.3 Å². The molecule has 0 saturated carbocycles. The van der Waals surface area contributed by atoms with E-state index in [0.29, 0.717) is 12.0 Å². The van der Waals surface area contributed by atoms with Gasteiger partial charge in [-0.2, -0.15) is 4.31 Å². The van der Waals surface area contributed by atoms with E-state index in [9.17, 15) is 18.0 Å². The highest BCUT2D eigenvalue weighted by Crippen LogP contribution is 2.25. The van der Waals surface area contributed by atoms with Crippen molar-refractivity contribution in [2.24, 2.45) is 0 Å². The van der Waals surface area contributed by atoms with Gasteiger partial charge in [0.25, 0.3) is 0 Å². The van der Waals surface area contributed by atoms with Crippen molar-refractivity contribution in [1.29, 1.82) is 0 Å². The van der Waals surface area contributed by atoms with E-state index >= 15 is 0 Å². The summed E-state index contributed by atoms with van der Waals surface area (Å²) in [6.45, 7) is 6.03. The molecule has 0 amide bonds. The van der Waals surface area contributed by atoms with Crippen LogP contribution in [0.4, 0.5) is 0 Å². The van der Waals surface area contributed by atoms with E-state index in [1.54, 1.807) is 12.1 Å². The van der Waals surface area contributed by atoms with Gasteiger partial charge in [-0.25, -0.2) is 8.42 Å².